The number of aliphatic carboxylic acids is 3. The number of carbonyl (C=O) groups excluding carboxylic acids is 12. The minimum absolute atomic E-state index is 0.0492. The lowest BCUT2D eigenvalue weighted by atomic mass is 10.0. The second kappa shape index (κ2) is 40.4. The monoisotopic (exact) mass is 1320 g/mol. The van der Waals surface area contributed by atoms with E-state index in [-0.39, 0.29) is 57.5 Å². The van der Waals surface area contributed by atoms with Gasteiger partial charge in [0.05, 0.1) is 38.5 Å². The Labute approximate surface area is 536 Å². The molecule has 12 amide bonds. The topological polar surface area (TPSA) is 539 Å². The Kier molecular flexibility index (Phi) is 34.9. The number of carboxylic acids is 3. The van der Waals surface area contributed by atoms with E-state index in [9.17, 15) is 87.2 Å². The summed E-state index contributed by atoms with van der Waals surface area (Å²) in [5.41, 5.74) is 17.3. The fourth-order valence-electron chi connectivity index (χ4n) is 9.48. The fraction of sp³-hybridized carbons (Fsp3) is 0.638. The zero-order valence-corrected chi connectivity index (χ0v) is 53.6. The zero-order valence-electron chi connectivity index (χ0n) is 52.8. The van der Waals surface area contributed by atoms with Crippen LogP contribution in [0.25, 0.3) is 0 Å². The van der Waals surface area contributed by atoms with Crippen molar-refractivity contribution in [3.8, 4) is 0 Å². The number of amides is 12. The Bertz CT molecular complexity index is 2740. The Morgan fingerprint density at radius 3 is 1.59 bits per heavy atom. The van der Waals surface area contributed by atoms with Gasteiger partial charge in [-0.05, 0) is 86.8 Å². The lowest BCUT2D eigenvalue weighted by Crippen LogP contribution is -2.61. The maximum Gasteiger partial charge on any atom is 0.305 e. The highest BCUT2D eigenvalue weighted by molar-refractivity contribution is 7.98. The summed E-state index contributed by atoms with van der Waals surface area (Å²) < 4.78 is 0. The maximum absolute atomic E-state index is 14.2. The number of nitrogens with zero attached hydrogens (tertiary/aromatic N) is 1. The smallest absolute Gasteiger partial charge is 0.305 e. The molecule has 1 aromatic carbocycles. The van der Waals surface area contributed by atoms with E-state index >= 15 is 0 Å². The maximum atomic E-state index is 14.2. The Balaban J connectivity index is 2.36. The molecule has 0 radical (unpaired) electrons. The van der Waals surface area contributed by atoms with E-state index < -0.39 is 200 Å². The summed E-state index contributed by atoms with van der Waals surface area (Å²) in [6, 6.07) is -8.75. The molecule has 1 aliphatic rings. The first-order valence-corrected chi connectivity index (χ1v) is 31.5. The van der Waals surface area contributed by atoms with Gasteiger partial charge in [0.2, 0.25) is 70.9 Å². The van der Waals surface area contributed by atoms with E-state index in [0.717, 1.165) is 0 Å². The third-order valence-corrected chi connectivity index (χ3v) is 15.1. The van der Waals surface area contributed by atoms with Crippen LogP contribution in [0.4, 0.5) is 0 Å². The molecule has 1 fully saturated rings. The van der Waals surface area contributed by atoms with Crippen LogP contribution in [0.1, 0.15) is 111 Å². The van der Waals surface area contributed by atoms with Crippen molar-refractivity contribution >= 4 is 101 Å². The largest absolute Gasteiger partial charge is 0.481 e. The van der Waals surface area contributed by atoms with Crippen LogP contribution in [-0.2, 0) is 78.3 Å². The van der Waals surface area contributed by atoms with Crippen LogP contribution < -0.4 is 70.4 Å². The number of thioether (sulfide) groups is 1. The van der Waals surface area contributed by atoms with Gasteiger partial charge in [0.15, 0.2) is 0 Å². The number of nitrogens with one attached hydrogen (secondary N) is 10. The molecule has 514 valence electrons. The molecular weight excluding hydrogens is 1230 g/mol. The standard InChI is InChI=1S/C58H92N14O19S/c1-29(2)22-36(51(84)64-34(48(61)81)18-21-92-7)63-42(74)27-62-57(90)46(30(3)4)70-54(87)37(23-32-14-9-8-10-15-32)66-52(85)38(25-44(77)78)67-53(86)39(26-45(79)80)68-55(88)40(28-73)69-50(83)35(16-11-12-19-59)65-56(89)41-17-13-20-72(41)58(91)47(31(5)6)71-49(82)33(60)24-43(75)76/h8-10,14-15,29-31,33-41,46-47,73H,11-13,16-28,59-60H2,1-7H3,(H2,61,81)(H,62,90)(H,63,74)(H,64,84)(H,65,89)(H,66,85)(H,67,86)(H,68,88)(H,69,83)(H,70,87)(H,71,82)(H,75,76)(H,77,78)(H,79,80)/t33-,34-,35-,36-,37-,38-,39-,40-,41-,46-,47-/m0/s1. The number of hydrogen-bond donors (Lipinski definition) is 17. The molecular formula is C58H92N14O19S. The molecule has 0 aliphatic carbocycles. The number of carboxylic acid groups (broad SMARTS) is 3. The average molecular weight is 1320 g/mol. The molecule has 33 nitrogen and oxygen atoms in total. The summed E-state index contributed by atoms with van der Waals surface area (Å²) in [7, 11) is 0. The van der Waals surface area contributed by atoms with E-state index in [1.807, 2.05) is 0 Å². The van der Waals surface area contributed by atoms with Crippen LogP contribution in [0.2, 0.25) is 0 Å². The molecule has 11 atom stereocenters. The normalized spacial score (nSPS) is 16.1. The number of rotatable bonds is 42. The lowest BCUT2D eigenvalue weighted by Gasteiger charge is -2.32. The summed E-state index contributed by atoms with van der Waals surface area (Å²) in [5.74, 6) is -17.4. The van der Waals surface area contributed by atoms with Crippen molar-refractivity contribution in [3.05, 3.63) is 35.9 Å². The predicted molar refractivity (Wildman–Crippen MR) is 331 cm³/mol. The minimum atomic E-state index is -2.15. The molecule has 0 aromatic heterocycles. The van der Waals surface area contributed by atoms with E-state index in [2.05, 4.69) is 53.2 Å². The molecule has 1 saturated heterocycles. The minimum Gasteiger partial charge on any atom is -0.481 e. The summed E-state index contributed by atoms with van der Waals surface area (Å²) in [6.07, 6.45) is -0.359. The number of carbonyl (C=O) groups is 15. The van der Waals surface area contributed by atoms with Crippen LogP contribution in [0, 0.1) is 17.8 Å². The van der Waals surface area contributed by atoms with Crippen molar-refractivity contribution < 1.29 is 92.3 Å². The highest BCUT2D eigenvalue weighted by Crippen LogP contribution is 2.22. The van der Waals surface area contributed by atoms with E-state index in [0.29, 0.717) is 24.2 Å². The number of likely N-dealkylation sites (tertiary alicyclic amines) is 1. The van der Waals surface area contributed by atoms with Gasteiger partial charge >= 0.3 is 17.9 Å². The summed E-state index contributed by atoms with van der Waals surface area (Å²) in [4.78, 5) is 200. The highest BCUT2D eigenvalue weighted by atomic mass is 32.2. The average Bonchev–Trinajstić information content (AvgIpc) is 1.62. The third-order valence-electron chi connectivity index (χ3n) is 14.4. The van der Waals surface area contributed by atoms with Crippen molar-refractivity contribution in [2.45, 2.75) is 179 Å². The van der Waals surface area contributed by atoms with Gasteiger partial charge in [-0.25, -0.2) is 0 Å². The van der Waals surface area contributed by atoms with Gasteiger partial charge in [-0.15, -0.1) is 0 Å². The van der Waals surface area contributed by atoms with Crippen molar-refractivity contribution in [1.82, 2.24) is 58.1 Å². The molecule has 1 aliphatic heterocycles. The first-order valence-electron chi connectivity index (χ1n) is 30.1. The fourth-order valence-corrected chi connectivity index (χ4v) is 9.96. The van der Waals surface area contributed by atoms with Gasteiger partial charge in [0.25, 0.3) is 0 Å². The molecule has 0 spiro atoms. The van der Waals surface area contributed by atoms with Crippen LogP contribution >= 0.6 is 11.8 Å². The van der Waals surface area contributed by atoms with Gasteiger partial charge in [-0.3, -0.25) is 71.9 Å². The second-order valence-electron chi connectivity index (χ2n) is 23.2. The number of aliphatic hydroxyl groups is 1. The van der Waals surface area contributed by atoms with Gasteiger partial charge in [-0.2, -0.15) is 11.8 Å². The number of primary amides is 1. The SMILES string of the molecule is CSCC[C@H](NC(=O)[C@H](CC(C)C)NC(=O)CNC(=O)[C@@H](NC(=O)[C@H](Cc1ccccc1)NC(=O)[C@H](CC(=O)O)NC(=O)[C@H](CC(=O)O)NC(=O)[C@H](CO)NC(=O)[C@H](CCCCN)NC(=O)[C@@H]1CCCN1C(=O)[C@@H](NC(=O)[C@@H](N)CC(=O)O)C(C)C)C(C)C)C(N)=O. The van der Waals surface area contributed by atoms with Crippen LogP contribution in [0.5, 0.6) is 0 Å². The zero-order chi connectivity index (χ0) is 69.5. The van der Waals surface area contributed by atoms with Crippen molar-refractivity contribution in [2.24, 2.45) is 35.0 Å². The number of aliphatic hydroxyl groups excluding tert-OH is 1. The molecule has 1 aromatic rings. The van der Waals surface area contributed by atoms with Gasteiger partial charge < -0.3 is 95.7 Å². The number of benzene rings is 1. The molecule has 92 heavy (non-hydrogen) atoms. The van der Waals surface area contributed by atoms with Crippen LogP contribution in [0.3, 0.4) is 0 Å². The van der Waals surface area contributed by atoms with E-state index in [1.54, 1.807) is 78.1 Å². The molecule has 0 saturated carbocycles. The molecule has 34 heteroatoms. The van der Waals surface area contributed by atoms with Crippen molar-refractivity contribution in [2.75, 3.05) is 38.2 Å². The molecule has 1 heterocycles. The van der Waals surface area contributed by atoms with E-state index in [1.165, 1.54) is 16.7 Å². The molecule has 2 rings (SSSR count). The molecule has 20 N–H and O–H groups in total. The first-order chi connectivity index (χ1) is 43.2. The molecule has 0 bridgehead atoms. The quantitative estimate of drug-likeness (QED) is 0.0273. The Hall–Kier alpha value is -8.50. The first kappa shape index (κ1) is 79.6. The van der Waals surface area contributed by atoms with Gasteiger partial charge in [0.1, 0.15) is 60.4 Å². The van der Waals surface area contributed by atoms with Gasteiger partial charge in [0, 0.05) is 13.0 Å². The third kappa shape index (κ3) is 27.9. The van der Waals surface area contributed by atoms with Crippen molar-refractivity contribution in [1.29, 1.82) is 0 Å². The second-order valence-corrected chi connectivity index (χ2v) is 24.2. The number of unbranched alkanes of at least 4 members (excludes halogenated alkanes) is 1. The van der Waals surface area contributed by atoms with Gasteiger partial charge in [-0.1, -0.05) is 71.9 Å². The van der Waals surface area contributed by atoms with Crippen molar-refractivity contribution in [3.63, 3.8) is 0 Å². The summed E-state index contributed by atoms with van der Waals surface area (Å²) >= 11 is 1.43. The van der Waals surface area contributed by atoms with Crippen LogP contribution in [-0.4, -0.2) is 219 Å². The number of hydrogen-bond acceptors (Lipinski definition) is 19. The van der Waals surface area contributed by atoms with Crippen LogP contribution in [0.15, 0.2) is 30.3 Å². The lowest BCUT2D eigenvalue weighted by molar-refractivity contribution is -0.144. The summed E-state index contributed by atoms with van der Waals surface area (Å²) in [6.45, 7) is 8.23. The van der Waals surface area contributed by atoms with E-state index in [4.69, 9.17) is 22.3 Å². The summed E-state index contributed by atoms with van der Waals surface area (Å²) in [5, 5.41) is 63.1. The predicted octanol–water partition coefficient (Wildman–Crippen LogP) is -4.83. The molecule has 0 unspecified atom stereocenters. The highest BCUT2D eigenvalue weighted by Gasteiger charge is 2.41. The Morgan fingerprint density at radius 1 is 0.576 bits per heavy atom. The Morgan fingerprint density at radius 2 is 1.08 bits per heavy atom. The number of nitrogens with two attached hydrogens (primary N) is 3.